The number of aromatic amines is 1. The van der Waals surface area contributed by atoms with E-state index in [1.54, 1.807) is 0 Å². The zero-order valence-corrected chi connectivity index (χ0v) is 14.5. The third kappa shape index (κ3) is 3.49. The second-order valence-corrected chi connectivity index (χ2v) is 7.02. The average molecular weight is 406 g/mol. The molecule has 3 rings (SSSR count). The van der Waals surface area contributed by atoms with Gasteiger partial charge in [0.1, 0.15) is 0 Å². The number of sulfonamides is 1. The van der Waals surface area contributed by atoms with E-state index in [0.717, 1.165) is 24.3 Å². The van der Waals surface area contributed by atoms with Crippen molar-refractivity contribution in [2.24, 2.45) is 15.4 Å². The molecule has 0 bridgehead atoms. The fraction of sp³-hybridized carbons (Fsp3) is 0. The highest BCUT2D eigenvalue weighted by Gasteiger charge is 2.20. The van der Waals surface area contributed by atoms with Gasteiger partial charge in [0, 0.05) is 23.6 Å². The van der Waals surface area contributed by atoms with Gasteiger partial charge in [-0.25, -0.2) is 13.6 Å². The molecule has 0 aliphatic heterocycles. The number of benzene rings is 2. The van der Waals surface area contributed by atoms with Gasteiger partial charge in [-0.1, -0.05) is 0 Å². The molecule has 0 atom stereocenters. The van der Waals surface area contributed by atoms with E-state index in [0.29, 0.717) is 5.52 Å². The Balaban J connectivity index is 2.11. The van der Waals surface area contributed by atoms with Crippen LogP contribution in [0, 0.1) is 20.2 Å². The smallest absolute Gasteiger partial charge is 0.298 e. The summed E-state index contributed by atoms with van der Waals surface area (Å²) in [6.45, 7) is 0. The average Bonchev–Trinajstić information content (AvgIpc) is 2.93. The van der Waals surface area contributed by atoms with Crippen LogP contribution in [0.25, 0.3) is 10.9 Å². The molecule has 0 unspecified atom stereocenters. The Labute approximate surface area is 155 Å². The van der Waals surface area contributed by atoms with E-state index in [9.17, 15) is 33.8 Å². The largest absolute Gasteiger partial charge is 0.493 e. The van der Waals surface area contributed by atoms with Crippen molar-refractivity contribution in [3.8, 4) is 5.88 Å². The van der Waals surface area contributed by atoms with Crippen LogP contribution in [0.2, 0.25) is 0 Å². The summed E-state index contributed by atoms with van der Waals surface area (Å²) >= 11 is 0. The maximum atomic E-state index is 11.4. The first kappa shape index (κ1) is 18.9. The SMILES string of the molecule is NS(=O)(=O)c1ccc(N=Nc2c(O)[nH]c3ccc([N+](=O)[O-])cc23)c([N+](=O)[O-])c1. The van der Waals surface area contributed by atoms with E-state index >= 15 is 0 Å². The molecule has 0 saturated heterocycles. The van der Waals surface area contributed by atoms with Crippen LogP contribution in [0.3, 0.4) is 0 Å². The lowest BCUT2D eigenvalue weighted by Crippen LogP contribution is -2.12. The number of aromatic nitrogens is 1. The van der Waals surface area contributed by atoms with Crippen molar-refractivity contribution >= 4 is 43.7 Å². The maximum absolute atomic E-state index is 11.4. The molecule has 0 amide bonds. The molecule has 0 aliphatic rings. The first-order valence-corrected chi connectivity index (χ1v) is 8.84. The molecule has 1 aromatic heterocycles. The van der Waals surface area contributed by atoms with E-state index < -0.39 is 36.3 Å². The summed E-state index contributed by atoms with van der Waals surface area (Å²) in [4.78, 5) is 22.7. The number of hydrogen-bond acceptors (Lipinski definition) is 9. The highest BCUT2D eigenvalue weighted by Crippen LogP contribution is 2.39. The van der Waals surface area contributed by atoms with Crippen LogP contribution in [-0.2, 0) is 10.0 Å². The van der Waals surface area contributed by atoms with Crippen LogP contribution in [0.5, 0.6) is 5.88 Å². The first-order valence-electron chi connectivity index (χ1n) is 7.30. The number of nitro benzene ring substituents is 2. The minimum Gasteiger partial charge on any atom is -0.493 e. The van der Waals surface area contributed by atoms with Crippen LogP contribution >= 0.6 is 0 Å². The highest BCUT2D eigenvalue weighted by molar-refractivity contribution is 7.89. The van der Waals surface area contributed by atoms with Gasteiger partial charge in [0.25, 0.3) is 11.4 Å². The Hall–Kier alpha value is -3.91. The number of H-pyrrole nitrogens is 1. The quantitative estimate of drug-likeness (QED) is 0.327. The lowest BCUT2D eigenvalue weighted by molar-refractivity contribution is -0.384. The number of nitrogens with zero attached hydrogens (tertiary/aromatic N) is 4. The van der Waals surface area contributed by atoms with Gasteiger partial charge in [0.15, 0.2) is 11.4 Å². The predicted octanol–water partition coefficient (Wildman–Crippen LogP) is 2.75. The van der Waals surface area contributed by atoms with Crippen LogP contribution in [0.4, 0.5) is 22.7 Å². The zero-order chi connectivity index (χ0) is 20.6. The molecule has 14 heteroatoms. The van der Waals surface area contributed by atoms with E-state index in [2.05, 4.69) is 15.2 Å². The number of fused-ring (bicyclic) bond motifs is 1. The van der Waals surface area contributed by atoms with Crippen LogP contribution < -0.4 is 5.14 Å². The molecule has 2 aromatic carbocycles. The summed E-state index contributed by atoms with van der Waals surface area (Å²) in [6, 6.07) is 6.49. The predicted molar refractivity (Wildman–Crippen MR) is 95.3 cm³/mol. The molecule has 0 fully saturated rings. The van der Waals surface area contributed by atoms with Crippen LogP contribution in [0.1, 0.15) is 0 Å². The fourth-order valence-electron chi connectivity index (χ4n) is 2.38. The number of rotatable bonds is 5. The molecule has 0 spiro atoms. The Bertz CT molecular complexity index is 1260. The molecule has 144 valence electrons. The summed E-state index contributed by atoms with van der Waals surface area (Å²) in [7, 11) is -4.17. The Morgan fingerprint density at radius 1 is 1.04 bits per heavy atom. The molecular formula is C14H10N6O7S. The van der Waals surface area contributed by atoms with Gasteiger partial charge in [-0.15, -0.1) is 10.2 Å². The molecule has 0 saturated carbocycles. The molecule has 0 aliphatic carbocycles. The highest BCUT2D eigenvalue weighted by atomic mass is 32.2. The van der Waals surface area contributed by atoms with Crippen LogP contribution in [0.15, 0.2) is 51.5 Å². The lowest BCUT2D eigenvalue weighted by Gasteiger charge is -2.00. The van der Waals surface area contributed by atoms with Crippen molar-refractivity contribution < 1.29 is 23.4 Å². The van der Waals surface area contributed by atoms with E-state index in [4.69, 9.17) is 5.14 Å². The topological polar surface area (TPSA) is 207 Å². The summed E-state index contributed by atoms with van der Waals surface area (Å²) in [5, 5.41) is 44.6. The van der Waals surface area contributed by atoms with Crippen LogP contribution in [-0.4, -0.2) is 28.4 Å². The van der Waals surface area contributed by atoms with E-state index in [-0.39, 0.29) is 22.4 Å². The molecule has 3 aromatic rings. The van der Waals surface area contributed by atoms with Gasteiger partial charge >= 0.3 is 0 Å². The normalized spacial score (nSPS) is 11.9. The second-order valence-electron chi connectivity index (χ2n) is 5.46. The number of primary sulfonamides is 1. The number of nitro groups is 2. The van der Waals surface area contributed by atoms with Crippen molar-refractivity contribution in [2.75, 3.05) is 0 Å². The molecule has 13 nitrogen and oxygen atoms in total. The summed E-state index contributed by atoms with van der Waals surface area (Å²) in [5.74, 6) is -0.456. The molecule has 4 N–H and O–H groups in total. The van der Waals surface area contributed by atoms with Crippen molar-refractivity contribution in [3.63, 3.8) is 0 Å². The van der Waals surface area contributed by atoms with Gasteiger partial charge in [-0.3, -0.25) is 20.2 Å². The van der Waals surface area contributed by atoms with Gasteiger partial charge in [-0.2, -0.15) is 0 Å². The lowest BCUT2D eigenvalue weighted by atomic mass is 10.2. The van der Waals surface area contributed by atoms with Gasteiger partial charge in [-0.05, 0) is 18.2 Å². The summed E-state index contributed by atoms with van der Waals surface area (Å²) in [6.07, 6.45) is 0. The summed E-state index contributed by atoms with van der Waals surface area (Å²) in [5.41, 5.74) is -1.09. The number of nitrogens with two attached hydrogens (primary N) is 1. The van der Waals surface area contributed by atoms with Crippen molar-refractivity contribution in [3.05, 3.63) is 56.6 Å². The number of non-ortho nitro benzene ring substituents is 1. The van der Waals surface area contributed by atoms with E-state index in [1.807, 2.05) is 0 Å². The third-order valence-corrected chi connectivity index (χ3v) is 4.59. The Morgan fingerprint density at radius 2 is 1.75 bits per heavy atom. The monoisotopic (exact) mass is 406 g/mol. The molecule has 0 radical (unpaired) electrons. The minimum absolute atomic E-state index is 0.166. The van der Waals surface area contributed by atoms with Crippen molar-refractivity contribution in [2.45, 2.75) is 4.90 Å². The van der Waals surface area contributed by atoms with Crippen molar-refractivity contribution in [1.82, 2.24) is 4.98 Å². The number of aromatic hydroxyl groups is 1. The Kier molecular flexibility index (Phi) is 4.50. The second kappa shape index (κ2) is 6.67. The zero-order valence-electron chi connectivity index (χ0n) is 13.6. The number of nitrogens with one attached hydrogen (secondary N) is 1. The number of azo groups is 1. The number of hydrogen-bond donors (Lipinski definition) is 3. The molecule has 1 heterocycles. The fourth-order valence-corrected chi connectivity index (χ4v) is 2.91. The molecule has 28 heavy (non-hydrogen) atoms. The van der Waals surface area contributed by atoms with Gasteiger partial charge < -0.3 is 10.1 Å². The van der Waals surface area contributed by atoms with Crippen molar-refractivity contribution in [1.29, 1.82) is 0 Å². The Morgan fingerprint density at radius 3 is 2.36 bits per heavy atom. The maximum Gasteiger partial charge on any atom is 0.298 e. The first-order chi connectivity index (χ1) is 13.1. The minimum atomic E-state index is -4.17. The van der Waals surface area contributed by atoms with Gasteiger partial charge in [0.2, 0.25) is 15.9 Å². The summed E-state index contributed by atoms with van der Waals surface area (Å²) < 4.78 is 22.7. The third-order valence-electron chi connectivity index (χ3n) is 3.68. The standard InChI is InChI=1S/C14H10N6O7S/c15-28(26,27)8-2-4-11(12(6-8)20(24)25)17-18-13-9-5-7(19(22)23)1-3-10(9)16-14(13)21/h1-6,16,21H,(H2,15,26,27). The van der Waals surface area contributed by atoms with E-state index in [1.165, 1.54) is 12.1 Å². The molecular weight excluding hydrogens is 396 g/mol. The van der Waals surface area contributed by atoms with Gasteiger partial charge in [0.05, 0.1) is 20.3 Å².